The molecule has 0 fully saturated rings. The maximum atomic E-state index is 12.0. The molecule has 2 unspecified atom stereocenters. The number of esters is 1. The summed E-state index contributed by atoms with van der Waals surface area (Å²) in [5.74, 6) is -0.191. The van der Waals surface area contributed by atoms with Gasteiger partial charge < -0.3 is 10.1 Å². The van der Waals surface area contributed by atoms with E-state index in [1.54, 1.807) is 0 Å². The summed E-state index contributed by atoms with van der Waals surface area (Å²) in [6.07, 6.45) is 1.80. The highest BCUT2D eigenvalue weighted by atomic mass is 16.5. The van der Waals surface area contributed by atoms with Crippen LogP contribution in [-0.4, -0.2) is 48.7 Å². The maximum absolute atomic E-state index is 12.0. The van der Waals surface area contributed by atoms with Crippen LogP contribution < -0.4 is 5.32 Å². The van der Waals surface area contributed by atoms with Crippen molar-refractivity contribution in [3.05, 3.63) is 0 Å². The van der Waals surface area contributed by atoms with Crippen molar-refractivity contribution in [2.75, 3.05) is 20.7 Å². The quantitative estimate of drug-likeness (QED) is 0.689. The van der Waals surface area contributed by atoms with Crippen molar-refractivity contribution in [2.24, 2.45) is 0 Å². The lowest BCUT2D eigenvalue weighted by molar-refractivity contribution is -0.149. The van der Waals surface area contributed by atoms with Crippen molar-refractivity contribution in [1.29, 1.82) is 0 Å². The molecule has 0 bridgehead atoms. The molecular formula is C15H32N2O2. The summed E-state index contributed by atoms with van der Waals surface area (Å²) in [6, 6.07) is 0.290. The third-order valence-corrected chi connectivity index (χ3v) is 4.39. The predicted molar refractivity (Wildman–Crippen MR) is 80.3 cm³/mol. The Morgan fingerprint density at radius 1 is 1.32 bits per heavy atom. The molecule has 114 valence electrons. The largest absolute Gasteiger partial charge is 0.468 e. The molecule has 0 aromatic heterocycles. The maximum Gasteiger partial charge on any atom is 0.325 e. The van der Waals surface area contributed by atoms with Crippen LogP contribution in [0.1, 0.15) is 54.4 Å². The SMILES string of the molecule is CCNC(C)(CC(C)N(C)C(C)(C)CC)C(=O)OC. The molecule has 0 rings (SSSR count). The van der Waals surface area contributed by atoms with E-state index in [0.29, 0.717) is 0 Å². The van der Waals surface area contributed by atoms with Crippen LogP contribution in [0.3, 0.4) is 0 Å². The van der Waals surface area contributed by atoms with Crippen LogP contribution in [0.15, 0.2) is 0 Å². The van der Waals surface area contributed by atoms with Gasteiger partial charge in [0.15, 0.2) is 0 Å². The molecule has 0 heterocycles. The highest BCUT2D eigenvalue weighted by molar-refractivity contribution is 5.80. The summed E-state index contributed by atoms with van der Waals surface area (Å²) in [5.41, 5.74) is -0.496. The average molecular weight is 272 g/mol. The number of carbonyl (C=O) groups excluding carboxylic acids is 1. The van der Waals surface area contributed by atoms with Gasteiger partial charge in [-0.3, -0.25) is 9.69 Å². The predicted octanol–water partition coefficient (Wildman–Crippen LogP) is 2.43. The van der Waals surface area contributed by atoms with Gasteiger partial charge in [0.05, 0.1) is 7.11 Å². The minimum atomic E-state index is -0.624. The second-order valence-electron chi connectivity index (χ2n) is 6.18. The number of carbonyl (C=O) groups is 1. The van der Waals surface area contributed by atoms with E-state index >= 15 is 0 Å². The third-order valence-electron chi connectivity index (χ3n) is 4.39. The Kier molecular flexibility index (Phi) is 7.01. The summed E-state index contributed by atoms with van der Waals surface area (Å²) >= 11 is 0. The first-order valence-electron chi connectivity index (χ1n) is 7.21. The van der Waals surface area contributed by atoms with Gasteiger partial charge in [0.2, 0.25) is 0 Å². The van der Waals surface area contributed by atoms with Crippen molar-refractivity contribution in [2.45, 2.75) is 71.5 Å². The number of ether oxygens (including phenoxy) is 1. The molecule has 0 saturated carbocycles. The first-order chi connectivity index (χ1) is 8.64. The Morgan fingerprint density at radius 2 is 1.84 bits per heavy atom. The van der Waals surface area contributed by atoms with Crippen molar-refractivity contribution in [3.8, 4) is 0 Å². The Balaban J connectivity index is 4.91. The Bertz CT molecular complexity index is 292. The van der Waals surface area contributed by atoms with E-state index in [4.69, 9.17) is 4.74 Å². The summed E-state index contributed by atoms with van der Waals surface area (Å²) in [7, 11) is 3.57. The summed E-state index contributed by atoms with van der Waals surface area (Å²) in [5, 5.41) is 3.26. The van der Waals surface area contributed by atoms with E-state index in [9.17, 15) is 4.79 Å². The lowest BCUT2D eigenvalue weighted by Crippen LogP contribution is -2.56. The number of hydrogen-bond donors (Lipinski definition) is 1. The molecular weight excluding hydrogens is 240 g/mol. The zero-order valence-corrected chi connectivity index (χ0v) is 14.0. The molecule has 2 atom stereocenters. The van der Waals surface area contributed by atoms with E-state index in [-0.39, 0.29) is 17.6 Å². The van der Waals surface area contributed by atoms with Gasteiger partial charge in [0.1, 0.15) is 5.54 Å². The van der Waals surface area contributed by atoms with Gasteiger partial charge in [0, 0.05) is 11.6 Å². The van der Waals surface area contributed by atoms with Crippen LogP contribution in [0, 0.1) is 0 Å². The molecule has 0 aromatic rings. The van der Waals surface area contributed by atoms with Gasteiger partial charge >= 0.3 is 5.97 Å². The zero-order valence-electron chi connectivity index (χ0n) is 14.0. The number of rotatable bonds is 8. The highest BCUT2D eigenvalue weighted by Crippen LogP contribution is 2.24. The highest BCUT2D eigenvalue weighted by Gasteiger charge is 2.37. The second kappa shape index (κ2) is 7.25. The van der Waals surface area contributed by atoms with Crippen LogP contribution in [-0.2, 0) is 9.53 Å². The first kappa shape index (κ1) is 18.4. The molecule has 4 nitrogen and oxygen atoms in total. The molecule has 1 N–H and O–H groups in total. The molecule has 4 heteroatoms. The van der Waals surface area contributed by atoms with E-state index < -0.39 is 5.54 Å². The van der Waals surface area contributed by atoms with E-state index in [2.05, 4.69) is 45.0 Å². The Hall–Kier alpha value is -0.610. The fourth-order valence-corrected chi connectivity index (χ4v) is 2.42. The molecule has 0 aliphatic rings. The molecule has 0 spiro atoms. The van der Waals surface area contributed by atoms with E-state index in [1.165, 1.54) is 7.11 Å². The smallest absolute Gasteiger partial charge is 0.325 e. The molecule has 0 aromatic carbocycles. The fourth-order valence-electron chi connectivity index (χ4n) is 2.42. The Morgan fingerprint density at radius 3 is 2.21 bits per heavy atom. The number of methoxy groups -OCH3 is 1. The topological polar surface area (TPSA) is 41.6 Å². The van der Waals surface area contributed by atoms with Crippen molar-refractivity contribution in [3.63, 3.8) is 0 Å². The van der Waals surface area contributed by atoms with Crippen LogP contribution in [0.25, 0.3) is 0 Å². The van der Waals surface area contributed by atoms with E-state index in [0.717, 1.165) is 19.4 Å². The summed E-state index contributed by atoms with van der Waals surface area (Å²) in [4.78, 5) is 14.3. The van der Waals surface area contributed by atoms with Crippen molar-refractivity contribution < 1.29 is 9.53 Å². The minimum absolute atomic E-state index is 0.128. The minimum Gasteiger partial charge on any atom is -0.468 e. The van der Waals surface area contributed by atoms with E-state index in [1.807, 2.05) is 13.8 Å². The normalized spacial score (nSPS) is 17.1. The molecule has 0 aliphatic heterocycles. The summed E-state index contributed by atoms with van der Waals surface area (Å²) in [6.45, 7) is 13.5. The van der Waals surface area contributed by atoms with Gasteiger partial charge in [-0.25, -0.2) is 0 Å². The van der Waals surface area contributed by atoms with Gasteiger partial charge in [-0.2, -0.15) is 0 Å². The van der Waals surface area contributed by atoms with Gasteiger partial charge in [-0.05, 0) is 54.1 Å². The number of nitrogens with zero attached hydrogens (tertiary/aromatic N) is 1. The molecule has 0 amide bonds. The van der Waals surface area contributed by atoms with Crippen LogP contribution in [0.2, 0.25) is 0 Å². The lowest BCUT2D eigenvalue weighted by Gasteiger charge is -2.42. The molecule has 0 aliphatic carbocycles. The zero-order chi connectivity index (χ0) is 15.3. The molecule has 0 radical (unpaired) electrons. The first-order valence-corrected chi connectivity index (χ1v) is 7.21. The lowest BCUT2D eigenvalue weighted by atomic mass is 9.90. The third kappa shape index (κ3) is 4.77. The second-order valence-corrected chi connectivity index (χ2v) is 6.18. The number of nitrogens with one attached hydrogen (secondary N) is 1. The standard InChI is InChI=1S/C15H32N2O2/c1-9-14(4,5)17(7)12(3)11-15(6,16-10-2)13(18)19-8/h12,16H,9-11H2,1-8H3. The monoisotopic (exact) mass is 272 g/mol. The van der Waals surface area contributed by atoms with Gasteiger partial charge in [-0.1, -0.05) is 13.8 Å². The summed E-state index contributed by atoms with van der Waals surface area (Å²) < 4.78 is 4.94. The average Bonchev–Trinajstić information content (AvgIpc) is 2.36. The Labute approximate surface area is 118 Å². The number of likely N-dealkylation sites (N-methyl/N-ethyl adjacent to an activating group) is 1. The van der Waals surface area contributed by atoms with Crippen LogP contribution >= 0.6 is 0 Å². The molecule has 0 saturated heterocycles. The van der Waals surface area contributed by atoms with Crippen LogP contribution in [0.4, 0.5) is 0 Å². The fraction of sp³-hybridized carbons (Fsp3) is 0.933. The number of hydrogen-bond acceptors (Lipinski definition) is 4. The van der Waals surface area contributed by atoms with Crippen molar-refractivity contribution in [1.82, 2.24) is 10.2 Å². The van der Waals surface area contributed by atoms with Gasteiger partial charge in [-0.15, -0.1) is 0 Å². The van der Waals surface area contributed by atoms with Gasteiger partial charge in [0.25, 0.3) is 0 Å². The molecule has 19 heavy (non-hydrogen) atoms. The van der Waals surface area contributed by atoms with Crippen LogP contribution in [0.5, 0.6) is 0 Å². The van der Waals surface area contributed by atoms with Crippen molar-refractivity contribution >= 4 is 5.97 Å².